The average molecular weight is 283 g/mol. The fourth-order valence-electron chi connectivity index (χ4n) is 2.42. The van der Waals surface area contributed by atoms with Crippen LogP contribution in [-0.2, 0) is 12.8 Å². The van der Waals surface area contributed by atoms with Crippen molar-refractivity contribution in [2.45, 2.75) is 39.5 Å². The van der Waals surface area contributed by atoms with Gasteiger partial charge in [0.2, 0.25) is 0 Å². The van der Waals surface area contributed by atoms with E-state index >= 15 is 0 Å². The molecule has 0 aliphatic carbocycles. The van der Waals surface area contributed by atoms with Crippen LogP contribution < -0.4 is 0 Å². The molecule has 21 heavy (non-hydrogen) atoms. The van der Waals surface area contributed by atoms with E-state index in [9.17, 15) is 9.90 Å². The molecule has 2 aromatic rings. The summed E-state index contributed by atoms with van der Waals surface area (Å²) in [4.78, 5) is 15.8. The summed E-state index contributed by atoms with van der Waals surface area (Å²) in [7, 11) is 0. The molecule has 1 aromatic carbocycles. The van der Waals surface area contributed by atoms with Crippen LogP contribution in [0.15, 0.2) is 36.4 Å². The number of carbonyl (C=O) groups is 1. The first-order valence-electron chi connectivity index (χ1n) is 7.48. The summed E-state index contributed by atoms with van der Waals surface area (Å²) < 4.78 is 0. The molecular formula is C18H21NO2. The van der Waals surface area contributed by atoms with E-state index in [1.807, 2.05) is 6.92 Å². The molecule has 0 amide bonds. The first kappa shape index (κ1) is 15.2. The number of aryl methyl sites for hydroxylation is 2. The number of aromatic carboxylic acids is 1. The third kappa shape index (κ3) is 3.69. The van der Waals surface area contributed by atoms with Gasteiger partial charge in [-0.25, -0.2) is 4.79 Å². The molecule has 0 radical (unpaired) electrons. The van der Waals surface area contributed by atoms with Crippen LogP contribution in [0.5, 0.6) is 0 Å². The molecule has 3 nitrogen and oxygen atoms in total. The number of carboxylic acids is 1. The Morgan fingerprint density at radius 1 is 1.00 bits per heavy atom. The SMILES string of the molecule is CCCc1ccc(-c2ccc(C(=O)O)c(CCC)n2)cc1. The Hall–Kier alpha value is -2.16. The van der Waals surface area contributed by atoms with Crippen LogP contribution in [0, 0.1) is 0 Å². The molecule has 0 saturated heterocycles. The van der Waals surface area contributed by atoms with Gasteiger partial charge in [0, 0.05) is 5.56 Å². The maximum Gasteiger partial charge on any atom is 0.337 e. The van der Waals surface area contributed by atoms with Crippen molar-refractivity contribution in [2.24, 2.45) is 0 Å². The Kier molecular flexibility index (Phi) is 5.09. The molecule has 1 heterocycles. The second-order valence-corrected chi connectivity index (χ2v) is 5.19. The van der Waals surface area contributed by atoms with E-state index in [-0.39, 0.29) is 0 Å². The van der Waals surface area contributed by atoms with Gasteiger partial charge in [0.15, 0.2) is 0 Å². The van der Waals surface area contributed by atoms with E-state index in [1.54, 1.807) is 12.1 Å². The number of hydrogen-bond acceptors (Lipinski definition) is 2. The van der Waals surface area contributed by atoms with Crippen molar-refractivity contribution in [1.82, 2.24) is 4.98 Å². The lowest BCUT2D eigenvalue weighted by molar-refractivity contribution is 0.0695. The fraction of sp³-hybridized carbons (Fsp3) is 0.333. The van der Waals surface area contributed by atoms with Crippen LogP contribution in [0.3, 0.4) is 0 Å². The molecule has 1 N–H and O–H groups in total. The molecule has 0 saturated carbocycles. The normalized spacial score (nSPS) is 10.6. The first-order valence-corrected chi connectivity index (χ1v) is 7.48. The molecule has 3 heteroatoms. The summed E-state index contributed by atoms with van der Waals surface area (Å²) in [6.07, 6.45) is 3.77. The average Bonchev–Trinajstić information content (AvgIpc) is 2.48. The Morgan fingerprint density at radius 3 is 2.24 bits per heavy atom. The lowest BCUT2D eigenvalue weighted by Crippen LogP contribution is -2.05. The largest absolute Gasteiger partial charge is 0.478 e. The van der Waals surface area contributed by atoms with Crippen LogP contribution in [-0.4, -0.2) is 16.1 Å². The molecule has 0 aliphatic heterocycles. The van der Waals surface area contributed by atoms with Crippen molar-refractivity contribution in [3.8, 4) is 11.3 Å². The standard InChI is InChI=1S/C18H21NO2/c1-3-5-13-7-9-14(10-8-13)16-12-11-15(18(20)21)17(19-16)6-4-2/h7-12H,3-6H2,1-2H3,(H,20,21). The summed E-state index contributed by atoms with van der Waals surface area (Å²) in [6.45, 7) is 4.19. The maximum atomic E-state index is 11.2. The van der Waals surface area contributed by atoms with Crippen molar-refractivity contribution in [3.63, 3.8) is 0 Å². The van der Waals surface area contributed by atoms with Crippen LogP contribution in [0.2, 0.25) is 0 Å². The molecule has 0 atom stereocenters. The minimum atomic E-state index is -0.907. The number of aromatic nitrogens is 1. The van der Waals surface area contributed by atoms with Gasteiger partial charge in [-0.2, -0.15) is 0 Å². The van der Waals surface area contributed by atoms with E-state index in [0.29, 0.717) is 17.7 Å². The summed E-state index contributed by atoms with van der Waals surface area (Å²) >= 11 is 0. The molecule has 0 spiro atoms. The quantitative estimate of drug-likeness (QED) is 0.857. The highest BCUT2D eigenvalue weighted by molar-refractivity contribution is 5.89. The van der Waals surface area contributed by atoms with E-state index in [1.165, 1.54) is 5.56 Å². The minimum Gasteiger partial charge on any atom is -0.478 e. The van der Waals surface area contributed by atoms with E-state index in [4.69, 9.17) is 0 Å². The zero-order chi connectivity index (χ0) is 15.2. The summed E-state index contributed by atoms with van der Waals surface area (Å²) in [5, 5.41) is 9.21. The Bertz CT molecular complexity index is 618. The number of benzene rings is 1. The van der Waals surface area contributed by atoms with Gasteiger partial charge >= 0.3 is 5.97 Å². The molecular weight excluding hydrogens is 262 g/mol. The smallest absolute Gasteiger partial charge is 0.337 e. The fourth-order valence-corrected chi connectivity index (χ4v) is 2.42. The highest BCUT2D eigenvalue weighted by Crippen LogP contribution is 2.21. The zero-order valence-corrected chi connectivity index (χ0v) is 12.6. The third-order valence-corrected chi connectivity index (χ3v) is 3.48. The lowest BCUT2D eigenvalue weighted by Gasteiger charge is -2.08. The third-order valence-electron chi connectivity index (χ3n) is 3.48. The Morgan fingerprint density at radius 2 is 1.67 bits per heavy atom. The monoisotopic (exact) mass is 283 g/mol. The van der Waals surface area contributed by atoms with Crippen molar-refractivity contribution in [2.75, 3.05) is 0 Å². The predicted octanol–water partition coefficient (Wildman–Crippen LogP) is 4.35. The Balaban J connectivity index is 2.35. The molecule has 0 fully saturated rings. The first-order chi connectivity index (χ1) is 10.2. The van der Waals surface area contributed by atoms with Crippen LogP contribution in [0.4, 0.5) is 0 Å². The Labute approximate surface area is 125 Å². The summed E-state index contributed by atoms with van der Waals surface area (Å²) in [6, 6.07) is 11.8. The van der Waals surface area contributed by atoms with Gasteiger partial charge in [-0.05, 0) is 30.5 Å². The summed E-state index contributed by atoms with van der Waals surface area (Å²) in [5.74, 6) is -0.907. The number of carboxylic acid groups (broad SMARTS) is 1. The number of pyridine rings is 1. The van der Waals surface area contributed by atoms with Crippen LogP contribution in [0.1, 0.15) is 48.3 Å². The molecule has 0 bridgehead atoms. The molecule has 0 unspecified atom stereocenters. The van der Waals surface area contributed by atoms with Gasteiger partial charge in [0.1, 0.15) is 0 Å². The van der Waals surface area contributed by atoms with Crippen LogP contribution in [0.25, 0.3) is 11.3 Å². The second kappa shape index (κ2) is 7.02. The van der Waals surface area contributed by atoms with Gasteiger partial charge in [0.05, 0.1) is 17.0 Å². The topological polar surface area (TPSA) is 50.2 Å². The zero-order valence-electron chi connectivity index (χ0n) is 12.6. The number of rotatable bonds is 6. The number of hydrogen-bond donors (Lipinski definition) is 1. The molecule has 0 aliphatic rings. The molecule has 1 aromatic heterocycles. The van der Waals surface area contributed by atoms with Gasteiger partial charge in [-0.3, -0.25) is 4.98 Å². The van der Waals surface area contributed by atoms with E-state index in [2.05, 4.69) is 36.2 Å². The van der Waals surface area contributed by atoms with Crippen molar-refractivity contribution in [1.29, 1.82) is 0 Å². The van der Waals surface area contributed by atoms with Gasteiger partial charge in [-0.1, -0.05) is 51.0 Å². The summed E-state index contributed by atoms with van der Waals surface area (Å²) in [5.41, 5.74) is 4.16. The van der Waals surface area contributed by atoms with Crippen molar-refractivity contribution >= 4 is 5.97 Å². The maximum absolute atomic E-state index is 11.2. The predicted molar refractivity (Wildman–Crippen MR) is 84.6 cm³/mol. The van der Waals surface area contributed by atoms with Gasteiger partial charge in [-0.15, -0.1) is 0 Å². The van der Waals surface area contributed by atoms with Crippen molar-refractivity contribution < 1.29 is 9.90 Å². The van der Waals surface area contributed by atoms with Gasteiger partial charge in [0.25, 0.3) is 0 Å². The molecule has 110 valence electrons. The number of nitrogens with zero attached hydrogens (tertiary/aromatic N) is 1. The lowest BCUT2D eigenvalue weighted by atomic mass is 10.0. The van der Waals surface area contributed by atoms with Crippen LogP contribution >= 0.6 is 0 Å². The van der Waals surface area contributed by atoms with E-state index in [0.717, 1.165) is 30.5 Å². The van der Waals surface area contributed by atoms with Crippen molar-refractivity contribution in [3.05, 3.63) is 53.2 Å². The molecule has 2 rings (SSSR count). The highest BCUT2D eigenvalue weighted by atomic mass is 16.4. The highest BCUT2D eigenvalue weighted by Gasteiger charge is 2.12. The minimum absolute atomic E-state index is 0.309. The van der Waals surface area contributed by atoms with Gasteiger partial charge < -0.3 is 5.11 Å². The van der Waals surface area contributed by atoms with E-state index < -0.39 is 5.97 Å². The second-order valence-electron chi connectivity index (χ2n) is 5.19.